The van der Waals surface area contributed by atoms with Crippen LogP contribution in [0.25, 0.3) is 0 Å². The molecule has 1 aliphatic heterocycles. The number of hydrogen-bond donors (Lipinski definition) is 0. The zero-order valence-electron chi connectivity index (χ0n) is 13.0. The molecule has 108 valence electrons. The highest BCUT2D eigenvalue weighted by molar-refractivity contribution is 4.92. The van der Waals surface area contributed by atoms with Crippen LogP contribution < -0.4 is 0 Å². The molecule has 0 bridgehead atoms. The third-order valence-corrected chi connectivity index (χ3v) is 4.62. The molecule has 1 saturated heterocycles. The van der Waals surface area contributed by atoms with Crippen LogP contribution in [0, 0.1) is 11.3 Å². The largest absolute Gasteiger partial charge is 0.338 e. The lowest BCUT2D eigenvalue weighted by molar-refractivity contribution is 0.208. The average molecular weight is 263 g/mol. The van der Waals surface area contributed by atoms with Crippen molar-refractivity contribution in [3.8, 4) is 0 Å². The Morgan fingerprint density at radius 3 is 2.68 bits per heavy atom. The monoisotopic (exact) mass is 263 g/mol. The van der Waals surface area contributed by atoms with E-state index < -0.39 is 0 Å². The van der Waals surface area contributed by atoms with Gasteiger partial charge in [-0.15, -0.1) is 0 Å². The van der Waals surface area contributed by atoms with E-state index in [1.807, 2.05) is 12.4 Å². The van der Waals surface area contributed by atoms with E-state index in [9.17, 15) is 0 Å². The van der Waals surface area contributed by atoms with Crippen LogP contribution in [0.15, 0.2) is 12.4 Å². The number of rotatable bonds is 3. The van der Waals surface area contributed by atoms with Gasteiger partial charge in [0.1, 0.15) is 5.82 Å². The summed E-state index contributed by atoms with van der Waals surface area (Å²) in [6, 6.07) is 0. The fraction of sp³-hybridized carbons (Fsp3) is 0.812. The summed E-state index contributed by atoms with van der Waals surface area (Å²) < 4.78 is 2.13. The molecule has 19 heavy (non-hydrogen) atoms. The Hall–Kier alpha value is -0.830. The van der Waals surface area contributed by atoms with E-state index in [0.29, 0.717) is 5.41 Å². The molecular formula is C16H29N3. The van der Waals surface area contributed by atoms with Crippen molar-refractivity contribution in [1.29, 1.82) is 0 Å². The van der Waals surface area contributed by atoms with Crippen molar-refractivity contribution in [2.75, 3.05) is 19.6 Å². The first-order valence-corrected chi connectivity index (χ1v) is 7.65. The maximum absolute atomic E-state index is 4.41. The minimum Gasteiger partial charge on any atom is -0.338 e. The smallest absolute Gasteiger partial charge is 0.109 e. The van der Waals surface area contributed by atoms with Crippen molar-refractivity contribution in [1.82, 2.24) is 14.5 Å². The molecule has 1 aliphatic rings. The van der Waals surface area contributed by atoms with Crippen LogP contribution >= 0.6 is 0 Å². The Labute approximate surface area is 118 Å². The highest BCUT2D eigenvalue weighted by Gasteiger charge is 2.26. The first kappa shape index (κ1) is 14.6. The van der Waals surface area contributed by atoms with Gasteiger partial charge in [-0.25, -0.2) is 4.98 Å². The lowest BCUT2D eigenvalue weighted by atomic mass is 9.77. The van der Waals surface area contributed by atoms with Gasteiger partial charge in [-0.3, -0.25) is 0 Å². The predicted molar refractivity (Wildman–Crippen MR) is 80.1 cm³/mol. The normalized spacial score (nSPS) is 22.4. The van der Waals surface area contributed by atoms with Crippen molar-refractivity contribution < 1.29 is 0 Å². The van der Waals surface area contributed by atoms with Gasteiger partial charge in [0.15, 0.2) is 0 Å². The highest BCUT2D eigenvalue weighted by atomic mass is 15.1. The van der Waals surface area contributed by atoms with Gasteiger partial charge in [-0.1, -0.05) is 20.8 Å². The molecule has 1 unspecified atom stereocenters. The second-order valence-electron chi connectivity index (χ2n) is 7.04. The van der Waals surface area contributed by atoms with Crippen molar-refractivity contribution in [2.24, 2.45) is 18.4 Å². The summed E-state index contributed by atoms with van der Waals surface area (Å²) >= 11 is 0. The van der Waals surface area contributed by atoms with E-state index in [1.165, 1.54) is 38.2 Å². The molecule has 0 N–H and O–H groups in total. The molecule has 1 fully saturated rings. The van der Waals surface area contributed by atoms with E-state index in [2.05, 4.69) is 42.3 Å². The summed E-state index contributed by atoms with van der Waals surface area (Å²) in [5.41, 5.74) is 0.468. The van der Waals surface area contributed by atoms with Crippen LogP contribution in [-0.4, -0.2) is 34.1 Å². The van der Waals surface area contributed by atoms with Crippen molar-refractivity contribution in [2.45, 2.75) is 46.5 Å². The Morgan fingerprint density at radius 2 is 2.05 bits per heavy atom. The molecule has 3 nitrogen and oxygen atoms in total. The maximum Gasteiger partial charge on any atom is 0.109 e. The topological polar surface area (TPSA) is 21.1 Å². The van der Waals surface area contributed by atoms with Crippen LogP contribution in [0.4, 0.5) is 0 Å². The van der Waals surface area contributed by atoms with Crippen molar-refractivity contribution in [3.05, 3.63) is 18.2 Å². The predicted octanol–water partition coefficient (Wildman–Crippen LogP) is 3.11. The summed E-state index contributed by atoms with van der Waals surface area (Å²) in [7, 11) is 2.08. The molecule has 1 aromatic rings. The summed E-state index contributed by atoms with van der Waals surface area (Å²) in [4.78, 5) is 7.04. The zero-order valence-corrected chi connectivity index (χ0v) is 13.0. The molecule has 0 aromatic carbocycles. The minimum atomic E-state index is 0.468. The molecule has 1 atom stereocenters. The van der Waals surface area contributed by atoms with Gasteiger partial charge in [0.2, 0.25) is 0 Å². The molecule has 0 aliphatic carbocycles. The Bertz CT molecular complexity index is 389. The number of imidazole rings is 1. The SMILES string of the molecule is Cn1ccnc1CCN1CCCC(C(C)(C)C)CC1. The molecule has 2 heterocycles. The number of likely N-dealkylation sites (tertiary alicyclic amines) is 1. The molecule has 0 spiro atoms. The van der Waals surface area contributed by atoms with E-state index >= 15 is 0 Å². The summed E-state index contributed by atoms with van der Waals surface area (Å²) in [6.07, 6.45) is 9.10. The van der Waals surface area contributed by atoms with E-state index in [0.717, 1.165) is 18.9 Å². The summed E-state index contributed by atoms with van der Waals surface area (Å²) in [5, 5.41) is 0. The highest BCUT2D eigenvalue weighted by Crippen LogP contribution is 2.34. The van der Waals surface area contributed by atoms with Crippen LogP contribution in [-0.2, 0) is 13.5 Å². The molecule has 3 heteroatoms. The van der Waals surface area contributed by atoms with Gasteiger partial charge in [0.05, 0.1) is 0 Å². The van der Waals surface area contributed by atoms with Gasteiger partial charge in [-0.2, -0.15) is 0 Å². The standard InChI is InChI=1S/C16H29N3/c1-16(2,3)14-6-5-10-19(11-7-14)12-8-15-17-9-13-18(15)4/h9,13-14H,5-8,10-12H2,1-4H3. The van der Waals surface area contributed by atoms with Crippen molar-refractivity contribution >= 4 is 0 Å². The Kier molecular flexibility index (Phi) is 4.67. The quantitative estimate of drug-likeness (QED) is 0.835. The molecular weight excluding hydrogens is 234 g/mol. The zero-order chi connectivity index (χ0) is 13.9. The molecule has 1 aromatic heterocycles. The molecule has 2 rings (SSSR count). The van der Waals surface area contributed by atoms with Crippen LogP contribution in [0.3, 0.4) is 0 Å². The molecule has 0 saturated carbocycles. The summed E-state index contributed by atoms with van der Waals surface area (Å²) in [5.74, 6) is 2.09. The number of aryl methyl sites for hydroxylation is 1. The maximum atomic E-state index is 4.41. The van der Waals surface area contributed by atoms with E-state index in [4.69, 9.17) is 0 Å². The molecule has 0 radical (unpaired) electrons. The number of hydrogen-bond acceptors (Lipinski definition) is 2. The van der Waals surface area contributed by atoms with Gasteiger partial charge in [0.25, 0.3) is 0 Å². The first-order valence-electron chi connectivity index (χ1n) is 7.65. The number of aromatic nitrogens is 2. The second kappa shape index (κ2) is 6.08. The van der Waals surface area contributed by atoms with Gasteiger partial charge in [0, 0.05) is 32.4 Å². The second-order valence-corrected chi connectivity index (χ2v) is 7.04. The fourth-order valence-electron chi connectivity index (χ4n) is 3.14. The first-order chi connectivity index (χ1) is 8.97. The van der Waals surface area contributed by atoms with E-state index in [1.54, 1.807) is 0 Å². The van der Waals surface area contributed by atoms with Gasteiger partial charge >= 0.3 is 0 Å². The fourth-order valence-corrected chi connectivity index (χ4v) is 3.14. The Balaban J connectivity index is 1.82. The van der Waals surface area contributed by atoms with Crippen molar-refractivity contribution in [3.63, 3.8) is 0 Å². The van der Waals surface area contributed by atoms with Gasteiger partial charge < -0.3 is 9.47 Å². The average Bonchev–Trinajstić information content (AvgIpc) is 2.61. The van der Waals surface area contributed by atoms with Crippen LogP contribution in [0.1, 0.15) is 45.9 Å². The van der Waals surface area contributed by atoms with Gasteiger partial charge in [-0.05, 0) is 43.7 Å². The van der Waals surface area contributed by atoms with Crippen LogP contribution in [0.2, 0.25) is 0 Å². The molecule has 0 amide bonds. The summed E-state index contributed by atoms with van der Waals surface area (Å²) in [6.45, 7) is 10.8. The number of nitrogens with zero attached hydrogens (tertiary/aromatic N) is 3. The van der Waals surface area contributed by atoms with Crippen LogP contribution in [0.5, 0.6) is 0 Å². The minimum absolute atomic E-state index is 0.468. The lowest BCUT2D eigenvalue weighted by Crippen LogP contribution is -2.28. The third kappa shape index (κ3) is 4.07. The van der Waals surface area contributed by atoms with E-state index in [-0.39, 0.29) is 0 Å². The third-order valence-electron chi connectivity index (χ3n) is 4.62. The lowest BCUT2D eigenvalue weighted by Gasteiger charge is -2.29. The Morgan fingerprint density at radius 1 is 1.26 bits per heavy atom.